The van der Waals surface area contributed by atoms with E-state index >= 15 is 0 Å². The van der Waals surface area contributed by atoms with E-state index in [0.717, 1.165) is 5.56 Å². The molecule has 2 aromatic carbocycles. The molecule has 3 aromatic rings. The van der Waals surface area contributed by atoms with Crippen molar-refractivity contribution >= 4 is 11.8 Å². The quantitative estimate of drug-likeness (QED) is 0.496. The lowest BCUT2D eigenvalue weighted by Gasteiger charge is -2.12. The molecule has 0 fully saturated rings. The summed E-state index contributed by atoms with van der Waals surface area (Å²) in [5.74, 6) is -0.185. The van der Waals surface area contributed by atoms with Gasteiger partial charge in [0.2, 0.25) is 0 Å². The van der Waals surface area contributed by atoms with E-state index in [1.165, 1.54) is 34.5 Å². The van der Waals surface area contributed by atoms with Crippen LogP contribution in [0.3, 0.4) is 0 Å². The summed E-state index contributed by atoms with van der Waals surface area (Å²) in [5, 5.41) is 0.540. The van der Waals surface area contributed by atoms with E-state index in [1.807, 2.05) is 0 Å². The van der Waals surface area contributed by atoms with Crippen molar-refractivity contribution in [2.45, 2.75) is 24.3 Å². The van der Waals surface area contributed by atoms with Crippen molar-refractivity contribution < 1.29 is 8.78 Å². The molecule has 0 spiro atoms. The number of aromatic nitrogens is 2. The van der Waals surface area contributed by atoms with Gasteiger partial charge in [-0.3, -0.25) is 9.36 Å². The summed E-state index contributed by atoms with van der Waals surface area (Å²) in [4.78, 5) is 17.2. The number of nitrogens with zero attached hydrogens (tertiary/aromatic N) is 2. The molecule has 0 unspecified atom stereocenters. The maximum Gasteiger partial charge on any atom is 0.257 e. The molecule has 0 aliphatic heterocycles. The second kappa shape index (κ2) is 7.83. The average Bonchev–Trinajstić information content (AvgIpc) is 2.63. The van der Waals surface area contributed by atoms with Crippen molar-refractivity contribution in [3.8, 4) is 0 Å². The SMILES string of the molecule is Cc1nc(SCc2ccccc2F)n(C)c(=O)c1Cc1ccc(F)cc1. The highest BCUT2D eigenvalue weighted by molar-refractivity contribution is 7.98. The molecule has 0 aliphatic carbocycles. The van der Waals surface area contributed by atoms with Crippen LogP contribution in [0.4, 0.5) is 8.78 Å². The fourth-order valence-corrected chi connectivity index (χ4v) is 3.62. The lowest BCUT2D eigenvalue weighted by molar-refractivity contribution is 0.617. The van der Waals surface area contributed by atoms with Gasteiger partial charge in [0.25, 0.3) is 5.56 Å². The van der Waals surface area contributed by atoms with E-state index in [2.05, 4.69) is 4.98 Å². The molecular formula is C20H18F2N2OS. The van der Waals surface area contributed by atoms with Gasteiger partial charge < -0.3 is 0 Å². The molecule has 6 heteroatoms. The van der Waals surface area contributed by atoms with Gasteiger partial charge in [0, 0.05) is 30.5 Å². The summed E-state index contributed by atoms with van der Waals surface area (Å²) in [6, 6.07) is 12.6. The molecule has 0 saturated carbocycles. The van der Waals surface area contributed by atoms with Crippen LogP contribution in [-0.2, 0) is 19.2 Å². The van der Waals surface area contributed by atoms with E-state index in [9.17, 15) is 13.6 Å². The van der Waals surface area contributed by atoms with E-state index in [0.29, 0.717) is 34.2 Å². The molecule has 0 radical (unpaired) electrons. The maximum absolute atomic E-state index is 13.8. The van der Waals surface area contributed by atoms with Gasteiger partial charge in [0.05, 0.1) is 0 Å². The van der Waals surface area contributed by atoms with Gasteiger partial charge in [0.1, 0.15) is 11.6 Å². The van der Waals surface area contributed by atoms with E-state index in [-0.39, 0.29) is 17.2 Å². The molecule has 1 aromatic heterocycles. The number of benzene rings is 2. The van der Waals surface area contributed by atoms with E-state index in [1.54, 1.807) is 44.3 Å². The zero-order valence-corrected chi connectivity index (χ0v) is 15.3. The monoisotopic (exact) mass is 372 g/mol. The van der Waals surface area contributed by atoms with Gasteiger partial charge in [-0.1, -0.05) is 42.1 Å². The van der Waals surface area contributed by atoms with Crippen LogP contribution in [0.25, 0.3) is 0 Å². The Morgan fingerprint density at radius 1 is 1.08 bits per heavy atom. The van der Waals surface area contributed by atoms with Crippen molar-refractivity contribution in [2.24, 2.45) is 7.05 Å². The van der Waals surface area contributed by atoms with Crippen LogP contribution < -0.4 is 5.56 Å². The molecule has 0 N–H and O–H groups in total. The fourth-order valence-electron chi connectivity index (χ4n) is 2.63. The molecule has 3 rings (SSSR count). The maximum atomic E-state index is 13.8. The first kappa shape index (κ1) is 18.3. The minimum Gasteiger partial charge on any atom is -0.291 e. The first-order valence-electron chi connectivity index (χ1n) is 8.13. The van der Waals surface area contributed by atoms with Gasteiger partial charge in [0.15, 0.2) is 5.16 Å². The van der Waals surface area contributed by atoms with Crippen molar-refractivity contribution in [3.63, 3.8) is 0 Å². The van der Waals surface area contributed by atoms with Crippen molar-refractivity contribution in [1.82, 2.24) is 9.55 Å². The lowest BCUT2D eigenvalue weighted by atomic mass is 10.1. The largest absolute Gasteiger partial charge is 0.291 e. The second-order valence-corrected chi connectivity index (χ2v) is 6.95. The summed E-state index contributed by atoms with van der Waals surface area (Å²) >= 11 is 1.32. The summed E-state index contributed by atoms with van der Waals surface area (Å²) in [7, 11) is 1.66. The molecule has 0 aliphatic rings. The Labute approximate surface area is 154 Å². The van der Waals surface area contributed by atoms with Crippen molar-refractivity contribution in [2.75, 3.05) is 0 Å². The number of aryl methyl sites for hydroxylation is 1. The van der Waals surface area contributed by atoms with Crippen LogP contribution >= 0.6 is 11.8 Å². The fraction of sp³-hybridized carbons (Fsp3) is 0.200. The first-order valence-corrected chi connectivity index (χ1v) is 9.11. The zero-order valence-electron chi connectivity index (χ0n) is 14.5. The van der Waals surface area contributed by atoms with E-state index in [4.69, 9.17) is 0 Å². The number of rotatable bonds is 5. The number of hydrogen-bond donors (Lipinski definition) is 0. The molecule has 3 nitrogen and oxygen atoms in total. The van der Waals surface area contributed by atoms with Gasteiger partial charge >= 0.3 is 0 Å². The minimum atomic E-state index is -0.309. The Morgan fingerprint density at radius 2 is 1.77 bits per heavy atom. The highest BCUT2D eigenvalue weighted by Gasteiger charge is 2.14. The predicted octanol–water partition coefficient (Wildman–Crippen LogP) is 4.25. The molecular weight excluding hydrogens is 354 g/mol. The van der Waals surface area contributed by atoms with Crippen LogP contribution in [0.2, 0.25) is 0 Å². The number of halogens is 2. The predicted molar refractivity (Wildman–Crippen MR) is 99.4 cm³/mol. The first-order chi connectivity index (χ1) is 12.5. The molecule has 0 saturated heterocycles. The molecule has 0 bridgehead atoms. The van der Waals surface area contributed by atoms with Crippen LogP contribution in [0.1, 0.15) is 22.4 Å². The third-order valence-electron chi connectivity index (χ3n) is 4.16. The Balaban J connectivity index is 1.84. The van der Waals surface area contributed by atoms with E-state index < -0.39 is 0 Å². The summed E-state index contributed by atoms with van der Waals surface area (Å²) in [6.07, 6.45) is 0.393. The molecule has 0 atom stereocenters. The standard InChI is InChI=1S/C20H18F2N2OS/c1-13-17(11-14-7-9-16(21)10-8-14)19(25)24(2)20(23-13)26-12-15-5-3-4-6-18(15)22/h3-10H,11-12H2,1-2H3. The van der Waals surface area contributed by atoms with Gasteiger partial charge in [-0.25, -0.2) is 13.8 Å². The average molecular weight is 372 g/mol. The minimum absolute atomic E-state index is 0.141. The van der Waals surface area contributed by atoms with Gasteiger partial charge in [-0.05, 0) is 36.2 Å². The lowest BCUT2D eigenvalue weighted by Crippen LogP contribution is -2.25. The Kier molecular flexibility index (Phi) is 5.52. The molecule has 1 heterocycles. The van der Waals surface area contributed by atoms with Crippen molar-refractivity contribution in [3.05, 3.63) is 92.9 Å². The second-order valence-electron chi connectivity index (χ2n) is 6.01. The van der Waals surface area contributed by atoms with Gasteiger partial charge in [-0.15, -0.1) is 0 Å². The van der Waals surface area contributed by atoms with Gasteiger partial charge in [-0.2, -0.15) is 0 Å². The summed E-state index contributed by atoms with van der Waals surface area (Å²) in [6.45, 7) is 1.79. The highest BCUT2D eigenvalue weighted by Crippen LogP contribution is 2.22. The van der Waals surface area contributed by atoms with Crippen LogP contribution in [-0.4, -0.2) is 9.55 Å². The summed E-state index contributed by atoms with van der Waals surface area (Å²) in [5.41, 5.74) is 2.49. The molecule has 0 amide bonds. The highest BCUT2D eigenvalue weighted by atomic mass is 32.2. The number of thioether (sulfide) groups is 1. The third-order valence-corrected chi connectivity index (χ3v) is 5.24. The Hall–Kier alpha value is -2.47. The Bertz CT molecular complexity index is 984. The normalized spacial score (nSPS) is 10.9. The van der Waals surface area contributed by atoms with Crippen LogP contribution in [0, 0.1) is 18.6 Å². The zero-order chi connectivity index (χ0) is 18.7. The third kappa shape index (κ3) is 4.02. The van der Waals surface area contributed by atoms with Crippen molar-refractivity contribution in [1.29, 1.82) is 0 Å². The topological polar surface area (TPSA) is 34.9 Å². The summed E-state index contributed by atoms with van der Waals surface area (Å²) < 4.78 is 28.3. The van der Waals surface area contributed by atoms with Crippen LogP contribution in [0.5, 0.6) is 0 Å². The smallest absolute Gasteiger partial charge is 0.257 e. The molecule has 134 valence electrons. The Morgan fingerprint density at radius 3 is 2.46 bits per heavy atom. The number of hydrogen-bond acceptors (Lipinski definition) is 3. The van der Waals surface area contributed by atoms with Crippen LogP contribution in [0.15, 0.2) is 58.5 Å². The molecule has 26 heavy (non-hydrogen) atoms.